The molecular formula is C36H31O3P. The summed E-state index contributed by atoms with van der Waals surface area (Å²) < 4.78 is 27.4. The second-order valence-electron chi connectivity index (χ2n) is 10.1. The standard InChI is InChI=1S/C36H31O3P/c1-38-29-23-32-33(27-15-7-3-8-16-27)25-36(28-17-9-4-10-18-28,35(32)34(24-29)39-2)26-40(37,30-19-11-5-12-20-30)31-21-13-6-14-22-31/h3-25H,26H2,1-2H3/t36-/m0/s1. The van der Waals surface area contributed by atoms with E-state index in [1.807, 2.05) is 78.9 Å². The van der Waals surface area contributed by atoms with Gasteiger partial charge in [-0.3, -0.25) is 0 Å². The number of fused-ring (bicyclic) bond motifs is 1. The second kappa shape index (κ2) is 10.7. The molecule has 6 rings (SSSR count). The molecule has 0 unspecified atom stereocenters. The van der Waals surface area contributed by atoms with Crippen molar-refractivity contribution in [3.8, 4) is 11.5 Å². The molecule has 1 aliphatic rings. The molecule has 0 aromatic heterocycles. The van der Waals surface area contributed by atoms with Gasteiger partial charge in [0.05, 0.1) is 19.6 Å². The number of benzene rings is 5. The van der Waals surface area contributed by atoms with E-state index in [4.69, 9.17) is 9.47 Å². The maximum Gasteiger partial charge on any atom is 0.144 e. The Morgan fingerprint density at radius 3 is 1.70 bits per heavy atom. The number of allylic oxidation sites excluding steroid dienone is 1. The van der Waals surface area contributed by atoms with Crippen LogP contribution in [0.4, 0.5) is 0 Å². The Hall–Kier alpha value is -4.33. The van der Waals surface area contributed by atoms with Crippen molar-refractivity contribution in [3.63, 3.8) is 0 Å². The third-order valence-corrected chi connectivity index (χ3v) is 11.1. The quantitative estimate of drug-likeness (QED) is 0.191. The van der Waals surface area contributed by atoms with Crippen LogP contribution in [-0.4, -0.2) is 20.4 Å². The van der Waals surface area contributed by atoms with Crippen molar-refractivity contribution in [2.24, 2.45) is 0 Å². The van der Waals surface area contributed by atoms with Gasteiger partial charge in [-0.05, 0) is 28.3 Å². The molecule has 5 aromatic rings. The van der Waals surface area contributed by atoms with E-state index in [0.717, 1.165) is 44.2 Å². The highest BCUT2D eigenvalue weighted by atomic mass is 31.2. The summed E-state index contributed by atoms with van der Waals surface area (Å²) in [7, 11) is 0.208. The first-order valence-corrected chi connectivity index (χ1v) is 15.3. The molecule has 0 radical (unpaired) electrons. The third kappa shape index (κ3) is 4.37. The van der Waals surface area contributed by atoms with Crippen LogP contribution >= 0.6 is 7.14 Å². The predicted molar refractivity (Wildman–Crippen MR) is 165 cm³/mol. The highest BCUT2D eigenvalue weighted by Crippen LogP contribution is 2.59. The van der Waals surface area contributed by atoms with Gasteiger partial charge in [0.25, 0.3) is 0 Å². The lowest BCUT2D eigenvalue weighted by Gasteiger charge is -2.35. The van der Waals surface area contributed by atoms with E-state index in [1.54, 1.807) is 14.2 Å². The van der Waals surface area contributed by atoms with Crippen LogP contribution in [0, 0.1) is 0 Å². The lowest BCUT2D eigenvalue weighted by molar-refractivity contribution is 0.388. The molecule has 4 heteroatoms. The van der Waals surface area contributed by atoms with Gasteiger partial charge in [0.1, 0.15) is 18.6 Å². The van der Waals surface area contributed by atoms with E-state index >= 15 is 4.57 Å². The zero-order chi connectivity index (χ0) is 27.6. The van der Waals surface area contributed by atoms with Crippen molar-refractivity contribution >= 4 is 23.3 Å². The van der Waals surface area contributed by atoms with Crippen molar-refractivity contribution in [3.05, 3.63) is 162 Å². The molecule has 0 N–H and O–H groups in total. The maximum absolute atomic E-state index is 15.6. The Bertz CT molecular complexity index is 1650. The minimum Gasteiger partial charge on any atom is -0.497 e. The van der Waals surface area contributed by atoms with E-state index in [2.05, 4.69) is 60.7 Å². The summed E-state index contributed by atoms with van der Waals surface area (Å²) in [6.07, 6.45) is 2.67. The van der Waals surface area contributed by atoms with Gasteiger partial charge in [0, 0.05) is 28.4 Å². The number of methoxy groups -OCH3 is 2. The highest BCUT2D eigenvalue weighted by Gasteiger charge is 2.48. The largest absolute Gasteiger partial charge is 0.497 e. The number of hydrogen-bond acceptors (Lipinski definition) is 3. The fraction of sp³-hybridized carbons (Fsp3) is 0.111. The van der Waals surface area contributed by atoms with Gasteiger partial charge in [-0.15, -0.1) is 0 Å². The van der Waals surface area contributed by atoms with Crippen LogP contribution in [0.3, 0.4) is 0 Å². The van der Waals surface area contributed by atoms with E-state index in [-0.39, 0.29) is 0 Å². The molecule has 0 fully saturated rings. The van der Waals surface area contributed by atoms with Crippen molar-refractivity contribution in [1.82, 2.24) is 0 Å². The molecule has 3 nitrogen and oxygen atoms in total. The minimum absolute atomic E-state index is 0.365. The fourth-order valence-electron chi connectivity index (χ4n) is 5.99. The fourth-order valence-corrected chi connectivity index (χ4v) is 9.10. The average molecular weight is 543 g/mol. The Balaban J connectivity index is 1.71. The molecule has 0 heterocycles. The van der Waals surface area contributed by atoms with Crippen LogP contribution in [-0.2, 0) is 9.98 Å². The summed E-state index contributed by atoms with van der Waals surface area (Å²) in [5, 5.41) is 1.68. The normalized spacial score (nSPS) is 16.2. The van der Waals surface area contributed by atoms with Gasteiger partial charge >= 0.3 is 0 Å². The van der Waals surface area contributed by atoms with Gasteiger partial charge in [-0.1, -0.05) is 127 Å². The first-order valence-electron chi connectivity index (χ1n) is 13.4. The SMILES string of the molecule is COc1cc(OC)c2c(c1)C(c1ccccc1)=C[C@]2(CP(=O)(c1ccccc1)c1ccccc1)c1ccccc1. The molecule has 0 saturated carbocycles. The molecule has 0 saturated heterocycles. The van der Waals surface area contributed by atoms with Crippen LogP contribution in [0.1, 0.15) is 22.3 Å². The van der Waals surface area contributed by atoms with Crippen molar-refractivity contribution in [1.29, 1.82) is 0 Å². The van der Waals surface area contributed by atoms with Gasteiger partial charge in [0.15, 0.2) is 0 Å². The second-order valence-corrected chi connectivity index (χ2v) is 12.9. The smallest absolute Gasteiger partial charge is 0.144 e. The lowest BCUT2D eigenvalue weighted by Crippen LogP contribution is -2.34. The molecule has 1 atom stereocenters. The van der Waals surface area contributed by atoms with E-state index in [9.17, 15) is 0 Å². The van der Waals surface area contributed by atoms with Crippen LogP contribution in [0.25, 0.3) is 5.57 Å². The number of ether oxygens (including phenoxy) is 2. The highest BCUT2D eigenvalue weighted by molar-refractivity contribution is 7.78. The molecule has 198 valence electrons. The summed E-state index contributed by atoms with van der Waals surface area (Å²) in [4.78, 5) is 0. The van der Waals surface area contributed by atoms with Gasteiger partial charge < -0.3 is 14.0 Å². The summed E-state index contributed by atoms with van der Waals surface area (Å²) in [5.74, 6) is 1.43. The summed E-state index contributed by atoms with van der Waals surface area (Å²) in [6.45, 7) is 0. The Morgan fingerprint density at radius 2 is 1.18 bits per heavy atom. The summed E-state index contributed by atoms with van der Waals surface area (Å²) in [6, 6.07) is 44.6. The molecule has 1 aliphatic carbocycles. The van der Waals surface area contributed by atoms with E-state index in [0.29, 0.717) is 11.9 Å². The van der Waals surface area contributed by atoms with Crippen molar-refractivity contribution < 1.29 is 14.0 Å². The molecule has 0 amide bonds. The predicted octanol–water partition coefficient (Wildman–Crippen LogP) is 7.45. The monoisotopic (exact) mass is 542 g/mol. The zero-order valence-electron chi connectivity index (χ0n) is 22.7. The average Bonchev–Trinajstić information content (AvgIpc) is 3.37. The first kappa shape index (κ1) is 25.9. The first-order chi connectivity index (χ1) is 19.6. The van der Waals surface area contributed by atoms with Crippen LogP contribution in [0.2, 0.25) is 0 Å². The maximum atomic E-state index is 15.6. The molecule has 40 heavy (non-hydrogen) atoms. The molecule has 0 bridgehead atoms. The molecule has 0 spiro atoms. The van der Waals surface area contributed by atoms with Crippen LogP contribution in [0.15, 0.2) is 140 Å². The topological polar surface area (TPSA) is 35.5 Å². The minimum atomic E-state index is -3.16. The van der Waals surface area contributed by atoms with E-state index in [1.165, 1.54) is 0 Å². The van der Waals surface area contributed by atoms with Crippen LogP contribution in [0.5, 0.6) is 11.5 Å². The number of hydrogen-bond donors (Lipinski definition) is 0. The third-order valence-electron chi connectivity index (χ3n) is 7.85. The summed E-state index contributed by atoms with van der Waals surface area (Å²) in [5.41, 5.74) is 4.53. The Kier molecular flexibility index (Phi) is 6.92. The summed E-state index contributed by atoms with van der Waals surface area (Å²) >= 11 is 0. The van der Waals surface area contributed by atoms with Crippen molar-refractivity contribution in [2.75, 3.05) is 20.4 Å². The lowest BCUT2D eigenvalue weighted by atomic mass is 9.77. The van der Waals surface area contributed by atoms with Crippen molar-refractivity contribution in [2.45, 2.75) is 5.41 Å². The van der Waals surface area contributed by atoms with Gasteiger partial charge in [-0.2, -0.15) is 0 Å². The van der Waals surface area contributed by atoms with Crippen LogP contribution < -0.4 is 20.1 Å². The zero-order valence-corrected chi connectivity index (χ0v) is 23.6. The number of rotatable bonds is 8. The Labute approximate surface area is 236 Å². The van der Waals surface area contributed by atoms with E-state index < -0.39 is 12.6 Å². The van der Waals surface area contributed by atoms with Gasteiger partial charge in [0.2, 0.25) is 0 Å². The molecule has 0 aliphatic heterocycles. The van der Waals surface area contributed by atoms with Gasteiger partial charge in [-0.25, -0.2) is 0 Å². The molecular weight excluding hydrogens is 511 g/mol. The molecule has 5 aromatic carbocycles. The Morgan fingerprint density at radius 1 is 0.650 bits per heavy atom.